The largest absolute Gasteiger partial charge is 0.506 e. The van der Waals surface area contributed by atoms with Gasteiger partial charge in [-0.05, 0) is 12.5 Å². The van der Waals surface area contributed by atoms with E-state index in [1.165, 1.54) is 6.07 Å². The van der Waals surface area contributed by atoms with Gasteiger partial charge in [0.25, 0.3) is 0 Å². The number of para-hydroxylation sites is 1. The van der Waals surface area contributed by atoms with Crippen molar-refractivity contribution < 1.29 is 18.3 Å². The van der Waals surface area contributed by atoms with E-state index in [1.807, 2.05) is 4.90 Å². The fourth-order valence-corrected chi connectivity index (χ4v) is 2.81. The van der Waals surface area contributed by atoms with E-state index in [2.05, 4.69) is 5.32 Å². The van der Waals surface area contributed by atoms with Gasteiger partial charge in [-0.3, -0.25) is 4.90 Å². The maximum absolute atomic E-state index is 12.6. The van der Waals surface area contributed by atoms with Crippen molar-refractivity contribution in [3.63, 3.8) is 0 Å². The van der Waals surface area contributed by atoms with Crippen LogP contribution in [-0.2, 0) is 0 Å². The standard InChI is InChI=1S/C14H18ClF3N2O/c15-11-3-1-2-10(13(11)21)12(4-5-14(16,17)18)20-8-6-19-7-9-20/h1-3,12,19,21H,4-9H2/t12-/m1/s1. The molecule has 0 unspecified atom stereocenters. The lowest BCUT2D eigenvalue weighted by atomic mass is 9.98. The lowest BCUT2D eigenvalue weighted by molar-refractivity contribution is -0.138. The molecule has 21 heavy (non-hydrogen) atoms. The normalized spacial score (nSPS) is 18.7. The van der Waals surface area contributed by atoms with Crippen LogP contribution < -0.4 is 5.32 Å². The predicted octanol–water partition coefficient (Wildman–Crippen LogP) is 3.33. The van der Waals surface area contributed by atoms with Crippen molar-refractivity contribution in [1.82, 2.24) is 10.2 Å². The van der Waals surface area contributed by atoms with Gasteiger partial charge < -0.3 is 10.4 Å². The Kier molecular flexibility index (Phi) is 5.35. The number of nitrogens with one attached hydrogen (secondary N) is 1. The molecule has 7 heteroatoms. The Morgan fingerprint density at radius 1 is 1.29 bits per heavy atom. The molecule has 0 saturated carbocycles. The quantitative estimate of drug-likeness (QED) is 0.892. The Morgan fingerprint density at radius 2 is 1.95 bits per heavy atom. The third-order valence-electron chi connectivity index (χ3n) is 3.67. The molecule has 2 N–H and O–H groups in total. The van der Waals surface area contributed by atoms with Gasteiger partial charge in [-0.2, -0.15) is 13.2 Å². The summed E-state index contributed by atoms with van der Waals surface area (Å²) in [6.07, 6.45) is -5.18. The van der Waals surface area contributed by atoms with E-state index in [-0.39, 0.29) is 17.2 Å². The highest BCUT2D eigenvalue weighted by atomic mass is 35.5. The van der Waals surface area contributed by atoms with Gasteiger partial charge in [0.15, 0.2) is 0 Å². The lowest BCUT2D eigenvalue weighted by Gasteiger charge is -2.35. The first kappa shape index (κ1) is 16.4. The third kappa shape index (κ3) is 4.49. The number of alkyl halides is 3. The summed E-state index contributed by atoms with van der Waals surface area (Å²) in [5.74, 6) is -0.120. The molecule has 0 aliphatic carbocycles. The average Bonchev–Trinajstić information content (AvgIpc) is 2.43. The molecule has 0 aromatic heterocycles. The predicted molar refractivity (Wildman–Crippen MR) is 75.6 cm³/mol. The van der Waals surface area contributed by atoms with Crippen molar-refractivity contribution in [1.29, 1.82) is 0 Å². The van der Waals surface area contributed by atoms with E-state index in [4.69, 9.17) is 11.6 Å². The Labute approximate surface area is 126 Å². The topological polar surface area (TPSA) is 35.5 Å². The smallest absolute Gasteiger partial charge is 0.389 e. The molecule has 1 atom stereocenters. The van der Waals surface area contributed by atoms with Crippen LogP contribution in [0.1, 0.15) is 24.4 Å². The number of benzene rings is 1. The first-order valence-electron chi connectivity index (χ1n) is 6.87. The van der Waals surface area contributed by atoms with Crippen LogP contribution in [0.25, 0.3) is 0 Å². The Balaban J connectivity index is 2.23. The second kappa shape index (κ2) is 6.85. The van der Waals surface area contributed by atoms with Crippen LogP contribution in [0.5, 0.6) is 5.75 Å². The van der Waals surface area contributed by atoms with Crippen LogP contribution in [0.15, 0.2) is 18.2 Å². The highest BCUT2D eigenvalue weighted by Gasteiger charge is 2.32. The molecule has 1 aliphatic heterocycles. The number of nitrogens with zero attached hydrogens (tertiary/aromatic N) is 1. The molecule has 2 rings (SSSR count). The van der Waals surface area contributed by atoms with E-state index in [9.17, 15) is 18.3 Å². The molecular formula is C14H18ClF3N2O. The molecule has 0 spiro atoms. The summed E-state index contributed by atoms with van der Waals surface area (Å²) in [5.41, 5.74) is 0.466. The molecule has 118 valence electrons. The van der Waals surface area contributed by atoms with E-state index in [0.717, 1.165) is 13.1 Å². The number of aromatic hydroxyl groups is 1. The lowest BCUT2D eigenvalue weighted by Crippen LogP contribution is -2.45. The van der Waals surface area contributed by atoms with Gasteiger partial charge >= 0.3 is 6.18 Å². The third-order valence-corrected chi connectivity index (χ3v) is 3.98. The van der Waals surface area contributed by atoms with Crippen LogP contribution in [0.2, 0.25) is 5.02 Å². The van der Waals surface area contributed by atoms with Crippen LogP contribution >= 0.6 is 11.6 Å². The van der Waals surface area contributed by atoms with Crippen molar-refractivity contribution in [3.8, 4) is 5.75 Å². The fraction of sp³-hybridized carbons (Fsp3) is 0.571. The van der Waals surface area contributed by atoms with Crippen molar-refractivity contribution in [2.24, 2.45) is 0 Å². The maximum Gasteiger partial charge on any atom is 0.389 e. The summed E-state index contributed by atoms with van der Waals surface area (Å²) < 4.78 is 37.7. The molecule has 1 aromatic carbocycles. The van der Waals surface area contributed by atoms with E-state index in [1.54, 1.807) is 12.1 Å². The van der Waals surface area contributed by atoms with E-state index < -0.39 is 18.6 Å². The van der Waals surface area contributed by atoms with Crippen LogP contribution in [0.3, 0.4) is 0 Å². The summed E-state index contributed by atoms with van der Waals surface area (Å²) >= 11 is 5.88. The van der Waals surface area contributed by atoms with Gasteiger partial charge in [0, 0.05) is 44.2 Å². The molecule has 3 nitrogen and oxygen atoms in total. The van der Waals surface area contributed by atoms with Crippen LogP contribution in [0.4, 0.5) is 13.2 Å². The van der Waals surface area contributed by atoms with E-state index >= 15 is 0 Å². The monoisotopic (exact) mass is 322 g/mol. The second-order valence-corrected chi connectivity index (χ2v) is 5.54. The van der Waals surface area contributed by atoms with Crippen molar-refractivity contribution >= 4 is 11.6 Å². The molecule has 0 amide bonds. The van der Waals surface area contributed by atoms with Crippen molar-refractivity contribution in [2.45, 2.75) is 25.1 Å². The molecule has 0 bridgehead atoms. The highest BCUT2D eigenvalue weighted by Crippen LogP contribution is 2.38. The minimum Gasteiger partial charge on any atom is -0.506 e. The minimum atomic E-state index is -4.21. The number of halogens is 4. The molecule has 0 radical (unpaired) electrons. The van der Waals surface area contributed by atoms with Gasteiger partial charge in [-0.1, -0.05) is 23.7 Å². The maximum atomic E-state index is 12.6. The summed E-state index contributed by atoms with van der Waals surface area (Å²) in [4.78, 5) is 1.97. The minimum absolute atomic E-state index is 0.0859. The number of hydrogen-bond acceptors (Lipinski definition) is 3. The molecule has 1 fully saturated rings. The SMILES string of the molecule is Oc1c(Cl)cccc1[C@@H](CCC(F)(F)F)N1CCNCC1. The highest BCUT2D eigenvalue weighted by molar-refractivity contribution is 6.32. The molecular weight excluding hydrogens is 305 g/mol. The zero-order valence-electron chi connectivity index (χ0n) is 11.5. The number of rotatable bonds is 4. The van der Waals surface area contributed by atoms with Gasteiger partial charge in [-0.15, -0.1) is 0 Å². The number of hydrogen-bond donors (Lipinski definition) is 2. The molecule has 1 saturated heterocycles. The van der Waals surface area contributed by atoms with Crippen molar-refractivity contribution in [2.75, 3.05) is 26.2 Å². The molecule has 1 heterocycles. The van der Waals surface area contributed by atoms with Crippen LogP contribution in [-0.4, -0.2) is 42.4 Å². The summed E-state index contributed by atoms with van der Waals surface area (Å²) in [6, 6.07) is 4.34. The summed E-state index contributed by atoms with van der Waals surface area (Å²) in [5, 5.41) is 13.4. The van der Waals surface area contributed by atoms with E-state index in [0.29, 0.717) is 18.7 Å². The van der Waals surface area contributed by atoms with Gasteiger partial charge in [0.05, 0.1) is 5.02 Å². The Morgan fingerprint density at radius 3 is 2.57 bits per heavy atom. The first-order valence-corrected chi connectivity index (χ1v) is 7.25. The Bertz CT molecular complexity index is 476. The fourth-order valence-electron chi connectivity index (χ4n) is 2.63. The summed E-state index contributed by atoms with van der Waals surface area (Å²) in [7, 11) is 0. The summed E-state index contributed by atoms with van der Waals surface area (Å²) in [6.45, 7) is 2.75. The van der Waals surface area contributed by atoms with Crippen LogP contribution in [0, 0.1) is 0 Å². The number of phenols is 1. The zero-order valence-corrected chi connectivity index (χ0v) is 12.2. The van der Waals surface area contributed by atoms with Gasteiger partial charge in [0.1, 0.15) is 5.75 Å². The first-order chi connectivity index (χ1) is 9.88. The molecule has 1 aromatic rings. The molecule has 1 aliphatic rings. The Hall–Kier alpha value is -0.980. The van der Waals surface area contributed by atoms with Gasteiger partial charge in [-0.25, -0.2) is 0 Å². The zero-order chi connectivity index (χ0) is 15.5. The number of phenolic OH excluding ortho intramolecular Hbond substituents is 1. The average molecular weight is 323 g/mol. The van der Waals surface area contributed by atoms with Gasteiger partial charge in [0.2, 0.25) is 0 Å². The van der Waals surface area contributed by atoms with Crippen molar-refractivity contribution in [3.05, 3.63) is 28.8 Å². The number of piperazine rings is 1. The second-order valence-electron chi connectivity index (χ2n) is 5.13.